The molecule has 0 amide bonds. The van der Waals surface area contributed by atoms with E-state index in [9.17, 15) is 0 Å². The number of nitrogens with zero attached hydrogens (tertiary/aromatic N) is 1. The van der Waals surface area contributed by atoms with Crippen molar-refractivity contribution < 1.29 is 0 Å². The van der Waals surface area contributed by atoms with Crippen molar-refractivity contribution in [3.8, 4) is 11.3 Å². The van der Waals surface area contributed by atoms with Crippen LogP contribution in [-0.2, 0) is 0 Å². The van der Waals surface area contributed by atoms with E-state index in [1.165, 1.54) is 4.88 Å². The van der Waals surface area contributed by atoms with E-state index >= 15 is 0 Å². The van der Waals surface area contributed by atoms with Crippen molar-refractivity contribution in [2.45, 2.75) is 6.92 Å². The highest BCUT2D eigenvalue weighted by Crippen LogP contribution is 2.34. The summed E-state index contributed by atoms with van der Waals surface area (Å²) >= 11 is 8.58. The van der Waals surface area contributed by atoms with Gasteiger partial charge in [-0.2, -0.15) is 0 Å². The van der Waals surface area contributed by atoms with Crippen LogP contribution in [-0.4, -0.2) is 4.98 Å². The van der Waals surface area contributed by atoms with E-state index in [2.05, 4.69) is 49.8 Å². The number of hydrogen-bond donors (Lipinski definition) is 0. The molecule has 0 saturated heterocycles. The molecule has 0 unspecified atom stereocenters. The predicted molar refractivity (Wildman–Crippen MR) is 67.7 cm³/mol. The second-order valence-electron chi connectivity index (χ2n) is 2.85. The van der Waals surface area contributed by atoms with E-state index in [1.54, 1.807) is 11.3 Å². The molecule has 1 heterocycles. The molecule has 2 rings (SSSR count). The van der Waals surface area contributed by atoms with Gasteiger partial charge in [-0.3, -0.25) is 0 Å². The van der Waals surface area contributed by atoms with Crippen LogP contribution in [0.4, 0.5) is 0 Å². The average Bonchev–Trinajstić information content (AvgIpc) is 2.46. The number of benzene rings is 1. The molecule has 0 saturated carbocycles. The fraction of sp³-hybridized carbons (Fsp3) is 0.100. The maximum Gasteiger partial charge on any atom is 0.160 e. The van der Waals surface area contributed by atoms with Crippen LogP contribution >= 0.6 is 43.2 Å². The summed E-state index contributed by atoms with van der Waals surface area (Å²) < 4.78 is 2.02. The topological polar surface area (TPSA) is 12.9 Å². The highest BCUT2D eigenvalue weighted by molar-refractivity contribution is 9.11. The fourth-order valence-electron chi connectivity index (χ4n) is 1.27. The Morgan fingerprint density at radius 3 is 2.50 bits per heavy atom. The van der Waals surface area contributed by atoms with Crippen LogP contribution < -0.4 is 0 Å². The van der Waals surface area contributed by atoms with Crippen LogP contribution in [0.1, 0.15) is 4.88 Å². The molecule has 0 aliphatic rings. The van der Waals surface area contributed by atoms with Gasteiger partial charge in [-0.25, -0.2) is 4.98 Å². The van der Waals surface area contributed by atoms with Gasteiger partial charge < -0.3 is 0 Å². The summed E-state index contributed by atoms with van der Waals surface area (Å²) in [4.78, 5) is 5.67. The summed E-state index contributed by atoms with van der Waals surface area (Å²) in [7, 11) is 0. The molecule has 1 aromatic heterocycles. The number of aromatic nitrogens is 1. The molecule has 0 bridgehead atoms. The fourth-order valence-corrected chi connectivity index (χ4v) is 3.29. The van der Waals surface area contributed by atoms with Crippen molar-refractivity contribution in [2.75, 3.05) is 0 Å². The van der Waals surface area contributed by atoms with Gasteiger partial charge in [0.2, 0.25) is 0 Å². The van der Waals surface area contributed by atoms with Gasteiger partial charge in [-0.15, -0.1) is 11.3 Å². The lowest BCUT2D eigenvalue weighted by Crippen LogP contribution is -1.81. The van der Waals surface area contributed by atoms with E-state index in [0.29, 0.717) is 0 Å². The van der Waals surface area contributed by atoms with Crippen molar-refractivity contribution >= 4 is 43.2 Å². The van der Waals surface area contributed by atoms with Crippen molar-refractivity contribution in [3.63, 3.8) is 0 Å². The molecule has 0 N–H and O–H groups in total. The molecule has 0 atom stereocenters. The van der Waals surface area contributed by atoms with Crippen LogP contribution in [0.25, 0.3) is 11.3 Å². The lowest BCUT2D eigenvalue weighted by molar-refractivity contribution is 1.34. The minimum Gasteiger partial charge on any atom is -0.229 e. The summed E-state index contributed by atoms with van der Waals surface area (Å²) in [6.45, 7) is 2.08. The number of rotatable bonds is 1. The van der Waals surface area contributed by atoms with Gasteiger partial charge in [0.05, 0.1) is 5.69 Å². The smallest absolute Gasteiger partial charge is 0.160 e. The zero-order valence-electron chi connectivity index (χ0n) is 7.42. The Balaban J connectivity index is 2.60. The first-order valence-corrected chi connectivity index (χ1v) is 6.46. The van der Waals surface area contributed by atoms with Crippen molar-refractivity contribution in [3.05, 3.63) is 37.5 Å². The minimum absolute atomic E-state index is 0.931. The van der Waals surface area contributed by atoms with Crippen LogP contribution in [0, 0.1) is 6.92 Å². The van der Waals surface area contributed by atoms with E-state index < -0.39 is 0 Å². The molecule has 14 heavy (non-hydrogen) atoms. The van der Waals surface area contributed by atoms with Crippen LogP contribution in [0.3, 0.4) is 0 Å². The third-order valence-corrected chi connectivity index (χ3v) is 4.01. The van der Waals surface area contributed by atoms with Crippen LogP contribution in [0.5, 0.6) is 0 Å². The summed E-state index contributed by atoms with van der Waals surface area (Å²) in [5, 5.41) is 0. The molecule has 4 heteroatoms. The Kier molecular flexibility index (Phi) is 3.04. The summed E-state index contributed by atoms with van der Waals surface area (Å²) in [6, 6.07) is 8.12. The number of halogens is 2. The SMILES string of the molecule is Cc1sc(Br)nc1-c1ccccc1Br. The van der Waals surface area contributed by atoms with Gasteiger partial charge in [0.25, 0.3) is 0 Å². The van der Waals surface area contributed by atoms with Gasteiger partial charge in [0.1, 0.15) is 0 Å². The van der Waals surface area contributed by atoms with Gasteiger partial charge in [0, 0.05) is 14.9 Å². The molecule has 72 valence electrons. The molecule has 0 fully saturated rings. The van der Waals surface area contributed by atoms with E-state index in [1.807, 2.05) is 18.2 Å². The molecular formula is C10H7Br2NS. The van der Waals surface area contributed by atoms with E-state index in [4.69, 9.17) is 0 Å². The Bertz CT molecular complexity index is 465. The normalized spacial score (nSPS) is 10.5. The maximum absolute atomic E-state index is 4.45. The zero-order valence-corrected chi connectivity index (χ0v) is 11.4. The van der Waals surface area contributed by atoms with Crippen molar-refractivity contribution in [2.24, 2.45) is 0 Å². The number of thiazole rings is 1. The average molecular weight is 333 g/mol. The highest BCUT2D eigenvalue weighted by Gasteiger charge is 2.10. The molecule has 0 aliphatic carbocycles. The quantitative estimate of drug-likeness (QED) is 0.741. The third kappa shape index (κ3) is 1.92. The summed E-state index contributed by atoms with van der Waals surface area (Å²) in [6.07, 6.45) is 0. The largest absolute Gasteiger partial charge is 0.229 e. The Labute approximate surface area is 103 Å². The van der Waals surface area contributed by atoms with Gasteiger partial charge >= 0.3 is 0 Å². The van der Waals surface area contributed by atoms with Gasteiger partial charge in [-0.1, -0.05) is 34.1 Å². The lowest BCUT2D eigenvalue weighted by Gasteiger charge is -2.00. The number of aryl methyl sites for hydroxylation is 1. The second kappa shape index (κ2) is 4.13. The first-order valence-electron chi connectivity index (χ1n) is 4.06. The minimum atomic E-state index is 0.931. The highest BCUT2D eigenvalue weighted by atomic mass is 79.9. The first kappa shape index (κ1) is 10.3. The predicted octanol–water partition coefficient (Wildman–Crippen LogP) is 4.64. The molecule has 0 radical (unpaired) electrons. The van der Waals surface area contributed by atoms with E-state index in [-0.39, 0.29) is 0 Å². The summed E-state index contributed by atoms with van der Waals surface area (Å²) in [5.74, 6) is 0. The monoisotopic (exact) mass is 331 g/mol. The molecule has 0 spiro atoms. The molecule has 1 aromatic carbocycles. The third-order valence-electron chi connectivity index (χ3n) is 1.90. The zero-order chi connectivity index (χ0) is 10.1. The van der Waals surface area contributed by atoms with E-state index in [0.717, 1.165) is 19.6 Å². The maximum atomic E-state index is 4.45. The second-order valence-corrected chi connectivity index (χ2v) is 6.19. The molecule has 0 aliphatic heterocycles. The first-order chi connectivity index (χ1) is 6.68. The van der Waals surface area contributed by atoms with Crippen molar-refractivity contribution in [1.82, 2.24) is 4.98 Å². The van der Waals surface area contributed by atoms with Gasteiger partial charge in [-0.05, 0) is 28.9 Å². The van der Waals surface area contributed by atoms with Gasteiger partial charge in [0.15, 0.2) is 3.92 Å². The summed E-state index contributed by atoms with van der Waals surface area (Å²) in [5.41, 5.74) is 2.20. The van der Waals surface area contributed by atoms with Crippen LogP contribution in [0.2, 0.25) is 0 Å². The van der Waals surface area contributed by atoms with Crippen molar-refractivity contribution in [1.29, 1.82) is 0 Å². The Morgan fingerprint density at radius 1 is 1.21 bits per heavy atom. The molecule has 1 nitrogen and oxygen atoms in total. The Morgan fingerprint density at radius 2 is 1.93 bits per heavy atom. The Hall–Kier alpha value is -0.190. The standard InChI is InChI=1S/C10H7Br2NS/c1-6-9(13-10(12)14-6)7-4-2-3-5-8(7)11/h2-5H,1H3. The van der Waals surface area contributed by atoms with Crippen LogP contribution in [0.15, 0.2) is 32.7 Å². The molecular weight excluding hydrogens is 326 g/mol. The molecule has 2 aromatic rings. The lowest BCUT2D eigenvalue weighted by atomic mass is 10.1. The number of hydrogen-bond acceptors (Lipinski definition) is 2.